The zero-order valence-corrected chi connectivity index (χ0v) is 11.9. The van der Waals surface area contributed by atoms with Crippen molar-refractivity contribution in [1.29, 1.82) is 0 Å². The quantitative estimate of drug-likeness (QED) is 0.865. The van der Waals surface area contributed by atoms with E-state index < -0.39 is 11.6 Å². The van der Waals surface area contributed by atoms with Crippen LogP contribution in [0.4, 0.5) is 8.78 Å². The Morgan fingerprint density at radius 1 is 1.10 bits per heavy atom. The molecule has 2 rings (SSSR count). The average Bonchev–Trinajstić information content (AvgIpc) is 2.38. The van der Waals surface area contributed by atoms with Crippen molar-refractivity contribution < 1.29 is 8.78 Å². The molecule has 0 spiro atoms. The topological polar surface area (TPSA) is 12.0 Å². The Balaban J connectivity index is 1.94. The molecule has 0 bridgehead atoms. The number of rotatable bonds is 5. The van der Waals surface area contributed by atoms with Crippen LogP contribution in [0.15, 0.2) is 42.5 Å². The lowest BCUT2D eigenvalue weighted by atomic mass is 10.1. The monoisotopic (exact) mass is 295 g/mol. The van der Waals surface area contributed by atoms with Crippen LogP contribution in [0.2, 0.25) is 5.02 Å². The minimum atomic E-state index is -0.521. The molecule has 1 atom stereocenters. The summed E-state index contributed by atoms with van der Waals surface area (Å²) < 4.78 is 27.0. The summed E-state index contributed by atoms with van der Waals surface area (Å²) in [6, 6.07) is 11.6. The van der Waals surface area contributed by atoms with E-state index in [9.17, 15) is 8.78 Å². The van der Waals surface area contributed by atoms with Gasteiger partial charge < -0.3 is 5.32 Å². The predicted octanol–water partition coefficient (Wildman–Crippen LogP) is 4.34. The van der Waals surface area contributed by atoms with Crippen LogP contribution in [0.5, 0.6) is 0 Å². The van der Waals surface area contributed by atoms with E-state index in [1.807, 2.05) is 31.2 Å². The standard InChI is InChI=1S/C16H16ClF2N/c1-11(8-12-4-2-5-13(17)9-12)20-10-14-15(18)6-3-7-16(14)19/h2-7,9,11,20H,8,10H2,1H3. The number of nitrogens with one attached hydrogen (secondary N) is 1. The normalized spacial score (nSPS) is 12.4. The Morgan fingerprint density at radius 2 is 1.75 bits per heavy atom. The third-order valence-corrected chi connectivity index (χ3v) is 3.36. The first kappa shape index (κ1) is 14.9. The second-order valence-corrected chi connectivity index (χ2v) is 5.25. The van der Waals surface area contributed by atoms with Gasteiger partial charge in [0, 0.05) is 23.2 Å². The molecule has 2 aromatic carbocycles. The number of benzene rings is 2. The molecule has 0 aliphatic heterocycles. The Hall–Kier alpha value is -1.45. The molecular weight excluding hydrogens is 280 g/mol. The zero-order valence-electron chi connectivity index (χ0n) is 11.2. The van der Waals surface area contributed by atoms with Crippen molar-refractivity contribution in [3.8, 4) is 0 Å². The van der Waals surface area contributed by atoms with Crippen LogP contribution >= 0.6 is 11.6 Å². The van der Waals surface area contributed by atoms with Crippen molar-refractivity contribution in [1.82, 2.24) is 5.32 Å². The molecule has 1 nitrogen and oxygen atoms in total. The first-order valence-corrected chi connectivity index (χ1v) is 6.85. The molecule has 20 heavy (non-hydrogen) atoms. The van der Waals surface area contributed by atoms with E-state index in [4.69, 9.17) is 11.6 Å². The first-order valence-electron chi connectivity index (χ1n) is 6.47. The van der Waals surface area contributed by atoms with E-state index in [-0.39, 0.29) is 18.2 Å². The Labute approximate surface area is 122 Å². The number of hydrogen-bond acceptors (Lipinski definition) is 1. The van der Waals surface area contributed by atoms with Gasteiger partial charge in [-0.05, 0) is 43.2 Å². The third kappa shape index (κ3) is 4.02. The van der Waals surface area contributed by atoms with Crippen molar-refractivity contribution in [3.63, 3.8) is 0 Å². The van der Waals surface area contributed by atoms with Gasteiger partial charge in [0.05, 0.1) is 0 Å². The highest BCUT2D eigenvalue weighted by Gasteiger charge is 2.10. The lowest BCUT2D eigenvalue weighted by molar-refractivity contribution is 0.498. The fraction of sp³-hybridized carbons (Fsp3) is 0.250. The molecular formula is C16H16ClF2N. The molecule has 106 valence electrons. The predicted molar refractivity (Wildman–Crippen MR) is 77.8 cm³/mol. The van der Waals surface area contributed by atoms with Gasteiger partial charge >= 0.3 is 0 Å². The lowest BCUT2D eigenvalue weighted by Gasteiger charge is -2.15. The van der Waals surface area contributed by atoms with Crippen LogP contribution in [-0.4, -0.2) is 6.04 Å². The molecule has 0 aliphatic carbocycles. The van der Waals surface area contributed by atoms with Gasteiger partial charge in [0.25, 0.3) is 0 Å². The van der Waals surface area contributed by atoms with E-state index >= 15 is 0 Å². The average molecular weight is 296 g/mol. The molecule has 0 aromatic heterocycles. The Kier molecular flexibility index (Phi) is 5.10. The molecule has 1 N–H and O–H groups in total. The maximum atomic E-state index is 13.5. The summed E-state index contributed by atoms with van der Waals surface area (Å²) in [4.78, 5) is 0. The zero-order chi connectivity index (χ0) is 14.5. The van der Waals surface area contributed by atoms with Crippen molar-refractivity contribution in [2.24, 2.45) is 0 Å². The fourth-order valence-electron chi connectivity index (χ4n) is 2.07. The van der Waals surface area contributed by atoms with Crippen molar-refractivity contribution in [2.45, 2.75) is 25.9 Å². The highest BCUT2D eigenvalue weighted by molar-refractivity contribution is 6.30. The van der Waals surface area contributed by atoms with Crippen LogP contribution in [0.25, 0.3) is 0 Å². The van der Waals surface area contributed by atoms with Crippen molar-refractivity contribution in [3.05, 3.63) is 70.2 Å². The molecule has 0 heterocycles. The summed E-state index contributed by atoms with van der Waals surface area (Å²) in [5.41, 5.74) is 1.16. The highest BCUT2D eigenvalue weighted by atomic mass is 35.5. The molecule has 4 heteroatoms. The molecule has 0 amide bonds. The minimum absolute atomic E-state index is 0.0745. The van der Waals surface area contributed by atoms with Gasteiger partial charge in [-0.2, -0.15) is 0 Å². The maximum absolute atomic E-state index is 13.5. The van der Waals surface area contributed by atoms with Gasteiger partial charge in [0.2, 0.25) is 0 Å². The van der Waals surface area contributed by atoms with Gasteiger partial charge in [-0.1, -0.05) is 29.8 Å². The van der Waals surface area contributed by atoms with E-state index in [1.54, 1.807) is 0 Å². The molecule has 1 unspecified atom stereocenters. The van der Waals surface area contributed by atoms with Crippen LogP contribution in [0, 0.1) is 11.6 Å². The van der Waals surface area contributed by atoms with Gasteiger partial charge in [-0.15, -0.1) is 0 Å². The van der Waals surface area contributed by atoms with Gasteiger partial charge in [0.15, 0.2) is 0 Å². The Morgan fingerprint density at radius 3 is 2.40 bits per heavy atom. The molecule has 2 aromatic rings. The Bertz CT molecular complexity index is 566. The summed E-state index contributed by atoms with van der Waals surface area (Å²) in [6.07, 6.45) is 0.747. The summed E-state index contributed by atoms with van der Waals surface area (Å²) >= 11 is 5.92. The van der Waals surface area contributed by atoms with Gasteiger partial charge in [-0.25, -0.2) is 8.78 Å². The van der Waals surface area contributed by atoms with Crippen LogP contribution < -0.4 is 5.32 Å². The summed E-state index contributed by atoms with van der Waals surface area (Å²) in [6.45, 7) is 2.14. The smallest absolute Gasteiger partial charge is 0.130 e. The summed E-state index contributed by atoms with van der Waals surface area (Å²) in [5, 5.41) is 3.82. The van der Waals surface area contributed by atoms with E-state index in [1.165, 1.54) is 18.2 Å². The molecule has 0 aliphatic rings. The highest BCUT2D eigenvalue weighted by Crippen LogP contribution is 2.14. The van der Waals surface area contributed by atoms with Crippen molar-refractivity contribution >= 4 is 11.6 Å². The van der Waals surface area contributed by atoms with Gasteiger partial charge in [0.1, 0.15) is 11.6 Å². The number of halogens is 3. The fourth-order valence-corrected chi connectivity index (χ4v) is 2.28. The van der Waals surface area contributed by atoms with Crippen LogP contribution in [0.1, 0.15) is 18.1 Å². The van der Waals surface area contributed by atoms with E-state index in [0.717, 1.165) is 12.0 Å². The van der Waals surface area contributed by atoms with Crippen LogP contribution in [0.3, 0.4) is 0 Å². The SMILES string of the molecule is CC(Cc1cccc(Cl)c1)NCc1c(F)cccc1F. The summed E-state index contributed by atoms with van der Waals surface area (Å²) in [5.74, 6) is -1.04. The van der Waals surface area contributed by atoms with Crippen molar-refractivity contribution in [2.75, 3.05) is 0 Å². The van der Waals surface area contributed by atoms with Crippen LogP contribution in [-0.2, 0) is 13.0 Å². The summed E-state index contributed by atoms with van der Waals surface area (Å²) in [7, 11) is 0. The first-order chi connectivity index (χ1) is 9.56. The maximum Gasteiger partial charge on any atom is 0.130 e. The second kappa shape index (κ2) is 6.82. The molecule has 0 saturated carbocycles. The molecule has 0 radical (unpaired) electrons. The number of hydrogen-bond donors (Lipinski definition) is 1. The largest absolute Gasteiger partial charge is 0.310 e. The van der Waals surface area contributed by atoms with E-state index in [2.05, 4.69) is 5.32 Å². The molecule has 0 fully saturated rings. The third-order valence-electron chi connectivity index (χ3n) is 3.12. The molecule has 0 saturated heterocycles. The minimum Gasteiger partial charge on any atom is -0.310 e. The van der Waals surface area contributed by atoms with E-state index in [0.29, 0.717) is 5.02 Å². The second-order valence-electron chi connectivity index (χ2n) is 4.82. The van der Waals surface area contributed by atoms with Gasteiger partial charge in [-0.3, -0.25) is 0 Å². The lowest BCUT2D eigenvalue weighted by Crippen LogP contribution is -2.28.